The van der Waals surface area contributed by atoms with E-state index in [9.17, 15) is 9.59 Å². The summed E-state index contributed by atoms with van der Waals surface area (Å²) in [5.74, 6) is 0.187. The molecular weight excluding hydrogens is 367 g/mol. The molecule has 106 valence electrons. The van der Waals surface area contributed by atoms with Crippen molar-refractivity contribution in [2.75, 3.05) is 11.4 Å². The first-order valence-electron chi connectivity index (χ1n) is 7.03. The largest absolute Gasteiger partial charge is 0.329 e. The van der Waals surface area contributed by atoms with Crippen LogP contribution in [-0.4, -0.2) is 35.3 Å². The Morgan fingerprint density at radius 2 is 2.00 bits per heavy atom. The fourth-order valence-electron chi connectivity index (χ4n) is 3.19. The van der Waals surface area contributed by atoms with Crippen LogP contribution in [0.5, 0.6) is 0 Å². The number of amides is 2. The lowest BCUT2D eigenvalue weighted by atomic mass is 10.0. The van der Waals surface area contributed by atoms with E-state index >= 15 is 0 Å². The van der Waals surface area contributed by atoms with E-state index in [1.165, 1.54) is 0 Å². The molecule has 2 fully saturated rings. The number of halogens is 1. The summed E-state index contributed by atoms with van der Waals surface area (Å²) in [5, 5.41) is 0. The predicted molar refractivity (Wildman–Crippen MR) is 85.5 cm³/mol. The van der Waals surface area contributed by atoms with Crippen molar-refractivity contribution in [3.05, 3.63) is 27.8 Å². The smallest absolute Gasteiger partial charge is 0.250 e. The molecule has 1 aromatic rings. The van der Waals surface area contributed by atoms with Crippen LogP contribution in [0, 0.1) is 3.57 Å². The molecule has 0 radical (unpaired) electrons. The van der Waals surface area contributed by atoms with Crippen molar-refractivity contribution in [1.29, 1.82) is 0 Å². The van der Waals surface area contributed by atoms with E-state index in [1.807, 2.05) is 31.2 Å². The summed E-state index contributed by atoms with van der Waals surface area (Å²) in [6, 6.07) is 7.17. The summed E-state index contributed by atoms with van der Waals surface area (Å²) in [6.45, 7) is 2.69. The number of hydrogen-bond donors (Lipinski definition) is 0. The fourth-order valence-corrected chi connectivity index (χ4v) is 3.84. The van der Waals surface area contributed by atoms with Crippen molar-refractivity contribution in [2.24, 2.45) is 0 Å². The average Bonchev–Trinajstić information content (AvgIpc) is 2.93. The van der Waals surface area contributed by atoms with Crippen molar-refractivity contribution in [3.8, 4) is 0 Å². The number of fused-ring (bicyclic) bond motifs is 1. The van der Waals surface area contributed by atoms with Gasteiger partial charge in [-0.3, -0.25) is 14.5 Å². The molecule has 2 aliphatic heterocycles. The van der Waals surface area contributed by atoms with Gasteiger partial charge in [0.1, 0.15) is 12.1 Å². The predicted octanol–water partition coefficient (Wildman–Crippen LogP) is 2.41. The number of carbonyl (C=O) groups is 2. The van der Waals surface area contributed by atoms with Crippen LogP contribution in [0.2, 0.25) is 0 Å². The summed E-state index contributed by atoms with van der Waals surface area (Å²) in [4.78, 5) is 28.9. The van der Waals surface area contributed by atoms with Gasteiger partial charge in [0, 0.05) is 10.1 Å². The Morgan fingerprint density at radius 1 is 1.25 bits per heavy atom. The molecule has 2 aliphatic rings. The van der Waals surface area contributed by atoms with Gasteiger partial charge in [-0.15, -0.1) is 0 Å². The fraction of sp³-hybridized carbons (Fsp3) is 0.467. The minimum absolute atomic E-state index is 0.0815. The number of rotatable bonds is 2. The Balaban J connectivity index is 2.05. The topological polar surface area (TPSA) is 40.6 Å². The number of carbonyl (C=O) groups excluding carboxylic acids is 2. The third kappa shape index (κ3) is 2.03. The lowest BCUT2D eigenvalue weighted by molar-refractivity contribution is -0.144. The quantitative estimate of drug-likeness (QED) is 0.735. The van der Waals surface area contributed by atoms with Crippen LogP contribution < -0.4 is 4.90 Å². The lowest BCUT2D eigenvalue weighted by Crippen LogP contribution is -2.63. The number of nitrogens with zero attached hydrogens (tertiary/aromatic N) is 2. The number of para-hydroxylation sites is 1. The zero-order valence-corrected chi connectivity index (χ0v) is 13.5. The molecule has 2 saturated heterocycles. The van der Waals surface area contributed by atoms with Gasteiger partial charge in [0.2, 0.25) is 5.91 Å². The second-order valence-corrected chi connectivity index (χ2v) is 6.44. The molecule has 4 nitrogen and oxygen atoms in total. The van der Waals surface area contributed by atoms with Gasteiger partial charge in [-0.2, -0.15) is 0 Å². The number of piperazine rings is 1. The molecule has 0 spiro atoms. The SMILES string of the molecule is CCC1C(=O)N2CCCC2C(=O)N1c1ccccc1I. The summed E-state index contributed by atoms with van der Waals surface area (Å²) < 4.78 is 1.01. The summed E-state index contributed by atoms with van der Waals surface area (Å²) in [7, 11) is 0. The van der Waals surface area contributed by atoms with E-state index in [-0.39, 0.29) is 23.9 Å². The first-order chi connectivity index (χ1) is 9.65. The third-order valence-corrected chi connectivity index (χ3v) is 5.07. The molecule has 3 rings (SSSR count). The van der Waals surface area contributed by atoms with Gasteiger partial charge in [-0.25, -0.2) is 0 Å². The Bertz CT molecular complexity index is 561. The third-order valence-electron chi connectivity index (χ3n) is 4.15. The molecule has 0 N–H and O–H groups in total. The maximum absolute atomic E-state index is 12.8. The highest BCUT2D eigenvalue weighted by molar-refractivity contribution is 14.1. The number of anilines is 1. The van der Waals surface area contributed by atoms with Gasteiger partial charge in [0.05, 0.1) is 5.69 Å². The van der Waals surface area contributed by atoms with Gasteiger partial charge in [-0.05, 0) is 54.0 Å². The lowest BCUT2D eigenvalue weighted by Gasteiger charge is -2.42. The van der Waals surface area contributed by atoms with Crippen LogP contribution in [0.1, 0.15) is 26.2 Å². The van der Waals surface area contributed by atoms with Crippen molar-refractivity contribution < 1.29 is 9.59 Å². The molecule has 5 heteroatoms. The zero-order chi connectivity index (χ0) is 14.3. The second-order valence-electron chi connectivity index (χ2n) is 5.27. The van der Waals surface area contributed by atoms with Crippen LogP contribution in [-0.2, 0) is 9.59 Å². The van der Waals surface area contributed by atoms with Crippen molar-refractivity contribution in [1.82, 2.24) is 4.90 Å². The first kappa shape index (κ1) is 13.9. The van der Waals surface area contributed by atoms with Gasteiger partial charge in [0.25, 0.3) is 5.91 Å². The maximum atomic E-state index is 12.8. The Kier molecular flexibility index (Phi) is 3.70. The van der Waals surface area contributed by atoms with Crippen molar-refractivity contribution >= 4 is 40.1 Å². The van der Waals surface area contributed by atoms with Crippen molar-refractivity contribution in [2.45, 2.75) is 38.3 Å². The molecule has 2 amide bonds. The van der Waals surface area contributed by atoms with E-state index in [1.54, 1.807) is 9.80 Å². The van der Waals surface area contributed by atoms with E-state index < -0.39 is 0 Å². The average molecular weight is 384 g/mol. The second kappa shape index (κ2) is 5.35. The standard InChI is InChI=1S/C15H17IN2O2/c1-2-11-14(19)17-9-5-8-13(17)15(20)18(11)12-7-4-3-6-10(12)16/h3-4,6-7,11,13H,2,5,8-9H2,1H3. The number of hydrogen-bond acceptors (Lipinski definition) is 2. The van der Waals surface area contributed by atoms with Crippen LogP contribution in [0.4, 0.5) is 5.69 Å². The minimum Gasteiger partial charge on any atom is -0.329 e. The van der Waals surface area contributed by atoms with Gasteiger partial charge >= 0.3 is 0 Å². The minimum atomic E-state index is -0.354. The molecule has 2 heterocycles. The van der Waals surface area contributed by atoms with Gasteiger partial charge < -0.3 is 4.90 Å². The van der Waals surface area contributed by atoms with Gasteiger partial charge in [0.15, 0.2) is 0 Å². The molecule has 1 aromatic carbocycles. The van der Waals surface area contributed by atoms with Crippen LogP contribution in [0.15, 0.2) is 24.3 Å². The van der Waals surface area contributed by atoms with Crippen LogP contribution >= 0.6 is 22.6 Å². The highest BCUT2D eigenvalue weighted by atomic mass is 127. The van der Waals surface area contributed by atoms with Crippen LogP contribution in [0.25, 0.3) is 0 Å². The highest BCUT2D eigenvalue weighted by Crippen LogP contribution is 2.33. The molecule has 0 aromatic heterocycles. The molecule has 2 unspecified atom stereocenters. The monoisotopic (exact) mass is 384 g/mol. The van der Waals surface area contributed by atoms with Gasteiger partial charge in [-0.1, -0.05) is 19.1 Å². The van der Waals surface area contributed by atoms with E-state index in [4.69, 9.17) is 0 Å². The van der Waals surface area contributed by atoms with E-state index in [2.05, 4.69) is 22.6 Å². The zero-order valence-electron chi connectivity index (χ0n) is 11.4. The first-order valence-corrected chi connectivity index (χ1v) is 8.11. The molecule has 0 aliphatic carbocycles. The van der Waals surface area contributed by atoms with Crippen molar-refractivity contribution in [3.63, 3.8) is 0 Å². The maximum Gasteiger partial charge on any atom is 0.250 e. The Morgan fingerprint density at radius 3 is 2.70 bits per heavy atom. The summed E-state index contributed by atoms with van der Waals surface area (Å²) in [6.07, 6.45) is 2.37. The molecule has 0 saturated carbocycles. The molecular formula is C15H17IN2O2. The molecule has 2 atom stereocenters. The Labute approximate surface area is 132 Å². The molecule has 20 heavy (non-hydrogen) atoms. The highest BCUT2D eigenvalue weighted by Gasteiger charge is 2.47. The Hall–Kier alpha value is -1.11. The summed E-state index contributed by atoms with van der Waals surface area (Å²) >= 11 is 2.23. The summed E-state index contributed by atoms with van der Waals surface area (Å²) in [5.41, 5.74) is 0.866. The molecule has 0 bridgehead atoms. The number of benzene rings is 1. The normalized spacial score (nSPS) is 26.1. The van der Waals surface area contributed by atoms with Crippen LogP contribution in [0.3, 0.4) is 0 Å². The van der Waals surface area contributed by atoms with E-state index in [0.717, 1.165) is 28.6 Å². The van der Waals surface area contributed by atoms with E-state index in [0.29, 0.717) is 6.42 Å².